The number of methoxy groups -OCH3 is 1. The van der Waals surface area contributed by atoms with E-state index in [0.717, 1.165) is 67.8 Å². The van der Waals surface area contributed by atoms with Gasteiger partial charge in [-0.05, 0) is 54.7 Å². The molecule has 6 heteroatoms. The highest BCUT2D eigenvalue weighted by Crippen LogP contribution is 2.41. The van der Waals surface area contributed by atoms with Crippen molar-refractivity contribution in [3.05, 3.63) is 46.5 Å². The molecule has 0 saturated carbocycles. The number of aliphatic hydroxyl groups is 2. The van der Waals surface area contributed by atoms with Crippen molar-refractivity contribution in [2.75, 3.05) is 26.9 Å². The molecule has 2 heterocycles. The first kappa shape index (κ1) is 29.1. The standard InChI is InChI=1S/C21H24O4.2C4H10O/c1-3-4-5-23-11-17-7-15(9-19-13-25-21(17)19)14-6-16(10-22-2)20-18(8-14)12-24-20;2*1-2-3-4-5/h6-9H,3-5,10-13H2,1-2H3;2*5H,2-4H2,1H3. The number of fused-ring (bicyclic) bond motifs is 2. The Morgan fingerprint density at radius 2 is 1.20 bits per heavy atom. The Kier molecular flexibility index (Phi) is 13.8. The normalized spacial score (nSPS) is 12.3. The van der Waals surface area contributed by atoms with Crippen LogP contribution in [0.3, 0.4) is 0 Å². The van der Waals surface area contributed by atoms with Crippen molar-refractivity contribution >= 4 is 0 Å². The Balaban J connectivity index is 0.000000368. The Morgan fingerprint density at radius 3 is 1.54 bits per heavy atom. The van der Waals surface area contributed by atoms with Gasteiger partial charge in [0, 0.05) is 49.2 Å². The minimum atomic E-state index is 0.344. The predicted molar refractivity (Wildman–Crippen MR) is 140 cm³/mol. The highest BCUT2D eigenvalue weighted by molar-refractivity contribution is 5.72. The van der Waals surface area contributed by atoms with Gasteiger partial charge in [0.25, 0.3) is 0 Å². The molecule has 2 aromatic rings. The largest absolute Gasteiger partial charge is 0.488 e. The second kappa shape index (κ2) is 16.5. The van der Waals surface area contributed by atoms with E-state index in [2.05, 4.69) is 45.0 Å². The summed E-state index contributed by atoms with van der Waals surface area (Å²) in [6.07, 6.45) is 6.31. The summed E-state index contributed by atoms with van der Waals surface area (Å²) in [7, 11) is 1.71. The molecule has 0 aromatic heterocycles. The van der Waals surface area contributed by atoms with Gasteiger partial charge in [-0.15, -0.1) is 0 Å². The highest BCUT2D eigenvalue weighted by atomic mass is 16.5. The lowest BCUT2D eigenvalue weighted by atomic mass is 9.93. The van der Waals surface area contributed by atoms with Crippen LogP contribution >= 0.6 is 0 Å². The Labute approximate surface area is 211 Å². The maximum Gasteiger partial charge on any atom is 0.131 e. The molecule has 0 spiro atoms. The Morgan fingerprint density at radius 1 is 0.714 bits per heavy atom. The van der Waals surface area contributed by atoms with Crippen LogP contribution in [0.15, 0.2) is 24.3 Å². The lowest BCUT2D eigenvalue weighted by molar-refractivity contribution is 0.112. The van der Waals surface area contributed by atoms with Crippen molar-refractivity contribution in [1.82, 2.24) is 0 Å². The van der Waals surface area contributed by atoms with Gasteiger partial charge >= 0.3 is 0 Å². The molecule has 2 aliphatic rings. The van der Waals surface area contributed by atoms with Crippen LogP contribution in [0.4, 0.5) is 0 Å². The Bertz CT molecular complexity index is 870. The van der Waals surface area contributed by atoms with Crippen molar-refractivity contribution in [2.24, 2.45) is 0 Å². The minimum Gasteiger partial charge on any atom is -0.488 e. The summed E-state index contributed by atoms with van der Waals surface area (Å²) >= 11 is 0. The van der Waals surface area contributed by atoms with Gasteiger partial charge in [-0.2, -0.15) is 0 Å². The van der Waals surface area contributed by atoms with Crippen molar-refractivity contribution in [2.45, 2.75) is 85.7 Å². The van der Waals surface area contributed by atoms with Crippen LogP contribution in [0.2, 0.25) is 0 Å². The third-order valence-corrected chi connectivity index (χ3v) is 5.79. The van der Waals surface area contributed by atoms with E-state index in [9.17, 15) is 0 Å². The zero-order valence-electron chi connectivity index (χ0n) is 22.0. The van der Waals surface area contributed by atoms with Crippen molar-refractivity contribution in [1.29, 1.82) is 0 Å². The van der Waals surface area contributed by atoms with E-state index in [1.54, 1.807) is 7.11 Å². The molecule has 0 unspecified atom stereocenters. The van der Waals surface area contributed by atoms with Gasteiger partial charge in [0.2, 0.25) is 0 Å². The fourth-order valence-corrected chi connectivity index (χ4v) is 3.68. The summed E-state index contributed by atoms with van der Waals surface area (Å²) in [6, 6.07) is 8.82. The molecule has 0 radical (unpaired) electrons. The van der Waals surface area contributed by atoms with E-state index in [1.807, 2.05) is 0 Å². The van der Waals surface area contributed by atoms with Gasteiger partial charge in [-0.3, -0.25) is 0 Å². The third-order valence-electron chi connectivity index (χ3n) is 5.79. The summed E-state index contributed by atoms with van der Waals surface area (Å²) < 4.78 is 22.4. The fourth-order valence-electron chi connectivity index (χ4n) is 3.68. The molecule has 2 aromatic carbocycles. The van der Waals surface area contributed by atoms with E-state index in [4.69, 9.17) is 29.2 Å². The molecule has 2 N–H and O–H groups in total. The number of ether oxygens (including phenoxy) is 4. The highest BCUT2D eigenvalue weighted by Gasteiger charge is 2.24. The second-order valence-corrected chi connectivity index (χ2v) is 8.82. The SMILES string of the molecule is CCCCO.CCCCO.CCCCOCc1cc(-c2cc(COC)c3c(c2)CO3)cc2c1OC2. The van der Waals surface area contributed by atoms with Crippen LogP contribution < -0.4 is 9.47 Å². The molecule has 0 fully saturated rings. The quantitative estimate of drug-likeness (QED) is 0.349. The molecule has 0 amide bonds. The molecule has 6 nitrogen and oxygen atoms in total. The van der Waals surface area contributed by atoms with Crippen LogP contribution in [0, 0.1) is 0 Å². The summed E-state index contributed by atoms with van der Waals surface area (Å²) in [4.78, 5) is 0. The predicted octanol–water partition coefficient (Wildman–Crippen LogP) is 6.16. The number of hydrogen-bond donors (Lipinski definition) is 2. The van der Waals surface area contributed by atoms with E-state index < -0.39 is 0 Å². The Hall–Kier alpha value is -2.12. The van der Waals surface area contributed by atoms with Gasteiger partial charge in [-0.1, -0.05) is 40.0 Å². The second-order valence-electron chi connectivity index (χ2n) is 8.82. The maximum absolute atomic E-state index is 8.07. The van der Waals surface area contributed by atoms with Gasteiger partial charge in [0.15, 0.2) is 0 Å². The van der Waals surface area contributed by atoms with Gasteiger partial charge < -0.3 is 29.2 Å². The van der Waals surface area contributed by atoms with Crippen LogP contribution in [0.5, 0.6) is 11.5 Å². The summed E-state index contributed by atoms with van der Waals surface area (Å²) in [5.74, 6) is 1.99. The molecular weight excluding hydrogens is 444 g/mol. The lowest BCUT2D eigenvalue weighted by Crippen LogP contribution is -2.14. The summed E-state index contributed by atoms with van der Waals surface area (Å²) in [5.41, 5.74) is 7.19. The molecule has 4 rings (SSSR count). The zero-order chi connectivity index (χ0) is 25.5. The molecule has 2 aliphatic heterocycles. The van der Waals surface area contributed by atoms with Crippen molar-refractivity contribution < 1.29 is 29.2 Å². The van der Waals surface area contributed by atoms with Crippen LogP contribution in [-0.2, 0) is 35.9 Å². The zero-order valence-corrected chi connectivity index (χ0v) is 22.0. The van der Waals surface area contributed by atoms with Crippen LogP contribution in [0.1, 0.15) is 81.5 Å². The molecular formula is C29H44O6. The van der Waals surface area contributed by atoms with E-state index in [0.29, 0.717) is 39.6 Å². The smallest absolute Gasteiger partial charge is 0.131 e. The topological polar surface area (TPSA) is 77.4 Å². The van der Waals surface area contributed by atoms with Crippen molar-refractivity contribution in [3.8, 4) is 22.6 Å². The average Bonchev–Trinajstić information content (AvgIpc) is 2.81. The molecule has 0 bridgehead atoms. The van der Waals surface area contributed by atoms with Crippen LogP contribution in [-0.4, -0.2) is 37.1 Å². The number of rotatable bonds is 12. The van der Waals surface area contributed by atoms with Gasteiger partial charge in [0.05, 0.1) is 13.2 Å². The first-order valence-electron chi connectivity index (χ1n) is 13.0. The minimum absolute atomic E-state index is 0.344. The van der Waals surface area contributed by atoms with E-state index >= 15 is 0 Å². The molecule has 0 aliphatic carbocycles. The van der Waals surface area contributed by atoms with E-state index in [-0.39, 0.29) is 0 Å². The monoisotopic (exact) mass is 488 g/mol. The molecule has 0 saturated heterocycles. The number of aliphatic hydroxyl groups excluding tert-OH is 2. The van der Waals surface area contributed by atoms with Crippen LogP contribution in [0.25, 0.3) is 11.1 Å². The first-order valence-corrected chi connectivity index (χ1v) is 13.0. The van der Waals surface area contributed by atoms with E-state index in [1.165, 1.54) is 22.3 Å². The van der Waals surface area contributed by atoms with Gasteiger partial charge in [0.1, 0.15) is 24.7 Å². The number of unbranched alkanes of at least 4 members (excludes halogenated alkanes) is 3. The first-order chi connectivity index (χ1) is 17.1. The van der Waals surface area contributed by atoms with Crippen molar-refractivity contribution in [3.63, 3.8) is 0 Å². The molecule has 196 valence electrons. The summed E-state index contributed by atoms with van der Waals surface area (Å²) in [6.45, 7) is 10.3. The average molecular weight is 489 g/mol. The lowest BCUT2D eigenvalue weighted by Gasteiger charge is -2.27. The maximum atomic E-state index is 8.07. The molecule has 0 atom stereocenters. The number of hydrogen-bond acceptors (Lipinski definition) is 6. The molecule has 35 heavy (non-hydrogen) atoms. The van der Waals surface area contributed by atoms with Gasteiger partial charge in [-0.25, -0.2) is 0 Å². The summed E-state index contributed by atoms with van der Waals surface area (Å²) in [5, 5.41) is 16.1. The number of benzene rings is 2. The third kappa shape index (κ3) is 8.80. The fraction of sp³-hybridized carbons (Fsp3) is 0.586.